The van der Waals surface area contributed by atoms with Crippen LogP contribution in [0.5, 0.6) is 11.5 Å². The molecule has 1 heterocycles. The molecule has 0 aromatic heterocycles. The van der Waals surface area contributed by atoms with E-state index in [4.69, 9.17) is 9.47 Å². The summed E-state index contributed by atoms with van der Waals surface area (Å²) in [6.07, 6.45) is 0. The number of para-hydroxylation sites is 1. The lowest BCUT2D eigenvalue weighted by molar-refractivity contribution is -0.118. The summed E-state index contributed by atoms with van der Waals surface area (Å²) in [5.74, 6) is 1.10. The Morgan fingerprint density at radius 2 is 2.38 bits per heavy atom. The molecule has 0 saturated heterocycles. The number of ether oxygens (including phenoxy) is 2. The number of benzene rings is 1. The second-order valence-corrected chi connectivity index (χ2v) is 2.67. The van der Waals surface area contributed by atoms with Crippen LogP contribution in [0.3, 0.4) is 0 Å². The molecule has 0 fully saturated rings. The van der Waals surface area contributed by atoms with Gasteiger partial charge in [0.05, 0.1) is 12.8 Å². The molecule has 1 amide bonds. The van der Waals surface area contributed by atoms with E-state index in [1.54, 1.807) is 25.3 Å². The van der Waals surface area contributed by atoms with Crippen LogP contribution in [0.4, 0.5) is 5.69 Å². The number of methoxy groups -OCH3 is 1. The van der Waals surface area contributed by atoms with Crippen LogP contribution in [0.1, 0.15) is 0 Å². The van der Waals surface area contributed by atoms with Crippen molar-refractivity contribution in [3.05, 3.63) is 18.2 Å². The van der Waals surface area contributed by atoms with E-state index in [1.807, 2.05) is 0 Å². The van der Waals surface area contributed by atoms with E-state index in [9.17, 15) is 4.79 Å². The zero-order valence-corrected chi connectivity index (χ0v) is 7.16. The molecule has 68 valence electrons. The first-order valence-electron chi connectivity index (χ1n) is 3.91. The van der Waals surface area contributed by atoms with E-state index >= 15 is 0 Å². The van der Waals surface area contributed by atoms with Gasteiger partial charge in [-0.3, -0.25) is 4.79 Å². The second-order valence-electron chi connectivity index (χ2n) is 2.67. The van der Waals surface area contributed by atoms with E-state index in [1.165, 1.54) is 0 Å². The van der Waals surface area contributed by atoms with Crippen molar-refractivity contribution in [3.63, 3.8) is 0 Å². The van der Waals surface area contributed by atoms with Crippen LogP contribution < -0.4 is 14.8 Å². The maximum Gasteiger partial charge on any atom is 0.262 e. The summed E-state index contributed by atoms with van der Waals surface area (Å²) in [4.78, 5) is 10.9. The molecule has 0 unspecified atom stereocenters. The summed E-state index contributed by atoms with van der Waals surface area (Å²) < 4.78 is 10.3. The Balaban J connectivity index is 2.45. The van der Waals surface area contributed by atoms with Crippen molar-refractivity contribution in [2.45, 2.75) is 0 Å². The Bertz CT molecular complexity index is 349. The van der Waals surface area contributed by atoms with Crippen LogP contribution in [-0.2, 0) is 4.79 Å². The molecule has 1 aromatic rings. The van der Waals surface area contributed by atoms with Gasteiger partial charge in [-0.25, -0.2) is 0 Å². The van der Waals surface area contributed by atoms with Gasteiger partial charge in [0.25, 0.3) is 5.91 Å². The number of nitrogens with one attached hydrogen (secondary N) is 1. The lowest BCUT2D eigenvalue weighted by Crippen LogP contribution is -2.25. The molecule has 2 rings (SSSR count). The topological polar surface area (TPSA) is 47.6 Å². The highest BCUT2D eigenvalue weighted by atomic mass is 16.5. The van der Waals surface area contributed by atoms with Crippen molar-refractivity contribution in [2.75, 3.05) is 19.0 Å². The van der Waals surface area contributed by atoms with E-state index in [0.717, 1.165) is 0 Å². The van der Waals surface area contributed by atoms with Crippen molar-refractivity contribution < 1.29 is 14.3 Å². The SMILES string of the molecule is COc1cccc2c1OCC(=O)N2. The number of amides is 1. The van der Waals surface area contributed by atoms with Crippen LogP contribution >= 0.6 is 0 Å². The maximum atomic E-state index is 10.9. The third-order valence-corrected chi connectivity index (χ3v) is 1.82. The lowest BCUT2D eigenvalue weighted by Gasteiger charge is -2.19. The van der Waals surface area contributed by atoms with Gasteiger partial charge in [-0.1, -0.05) is 6.07 Å². The van der Waals surface area contributed by atoms with E-state index in [2.05, 4.69) is 5.32 Å². The summed E-state index contributed by atoms with van der Waals surface area (Å²) >= 11 is 0. The Hall–Kier alpha value is -1.71. The number of hydrogen-bond acceptors (Lipinski definition) is 3. The molecule has 13 heavy (non-hydrogen) atoms. The minimum absolute atomic E-state index is 0.0490. The normalized spacial score (nSPS) is 14.1. The van der Waals surface area contributed by atoms with Gasteiger partial charge in [-0.05, 0) is 12.1 Å². The number of carbonyl (C=O) groups excluding carboxylic acids is 1. The Morgan fingerprint density at radius 1 is 1.54 bits per heavy atom. The summed E-state index contributed by atoms with van der Waals surface area (Å²) in [6, 6.07) is 5.36. The highest BCUT2D eigenvalue weighted by molar-refractivity contribution is 5.96. The smallest absolute Gasteiger partial charge is 0.262 e. The van der Waals surface area contributed by atoms with Crippen molar-refractivity contribution in [1.82, 2.24) is 0 Å². The standard InChI is InChI=1S/C9H9NO3/c1-12-7-4-2-3-6-9(7)13-5-8(11)10-6/h2-4H,5H2,1H3,(H,10,11). The van der Waals surface area contributed by atoms with Crippen LogP contribution in [0.15, 0.2) is 18.2 Å². The number of anilines is 1. The van der Waals surface area contributed by atoms with Gasteiger partial charge in [0, 0.05) is 0 Å². The molecule has 1 aliphatic rings. The first-order valence-corrected chi connectivity index (χ1v) is 3.91. The molecule has 0 atom stereocenters. The molecule has 0 bridgehead atoms. The summed E-state index contributed by atoms with van der Waals surface area (Å²) in [5.41, 5.74) is 0.663. The predicted octanol–water partition coefficient (Wildman–Crippen LogP) is 1.03. The second kappa shape index (κ2) is 2.97. The molecule has 1 aliphatic heterocycles. The van der Waals surface area contributed by atoms with Gasteiger partial charge >= 0.3 is 0 Å². The molecule has 0 spiro atoms. The number of fused-ring (bicyclic) bond motifs is 1. The Labute approximate surface area is 75.5 Å². The third-order valence-electron chi connectivity index (χ3n) is 1.82. The molecule has 4 nitrogen and oxygen atoms in total. The summed E-state index contributed by atoms with van der Waals surface area (Å²) in [7, 11) is 1.56. The zero-order chi connectivity index (χ0) is 9.26. The highest BCUT2D eigenvalue weighted by Crippen LogP contribution is 2.36. The summed E-state index contributed by atoms with van der Waals surface area (Å²) in [6.45, 7) is 0.0490. The first-order chi connectivity index (χ1) is 6.31. The molecule has 0 radical (unpaired) electrons. The van der Waals surface area contributed by atoms with Gasteiger partial charge in [-0.2, -0.15) is 0 Å². The average Bonchev–Trinajstić information content (AvgIpc) is 2.16. The van der Waals surface area contributed by atoms with Gasteiger partial charge in [0.1, 0.15) is 0 Å². The van der Waals surface area contributed by atoms with Crippen molar-refractivity contribution in [2.24, 2.45) is 0 Å². The molecule has 0 saturated carbocycles. The number of rotatable bonds is 1. The Morgan fingerprint density at radius 3 is 3.15 bits per heavy atom. The van der Waals surface area contributed by atoms with Gasteiger partial charge in [-0.15, -0.1) is 0 Å². The minimum atomic E-state index is -0.138. The van der Waals surface area contributed by atoms with Gasteiger partial charge in [0.15, 0.2) is 18.1 Å². The van der Waals surface area contributed by atoms with Gasteiger partial charge in [0.2, 0.25) is 0 Å². The molecule has 1 aromatic carbocycles. The van der Waals surface area contributed by atoms with Crippen LogP contribution in [0.25, 0.3) is 0 Å². The average molecular weight is 179 g/mol. The first kappa shape index (κ1) is 7.91. The minimum Gasteiger partial charge on any atom is -0.493 e. The largest absolute Gasteiger partial charge is 0.493 e. The molecule has 0 aliphatic carbocycles. The van der Waals surface area contributed by atoms with Crippen LogP contribution in [0, 0.1) is 0 Å². The van der Waals surface area contributed by atoms with Crippen LogP contribution in [0.2, 0.25) is 0 Å². The fourth-order valence-electron chi connectivity index (χ4n) is 1.25. The highest BCUT2D eigenvalue weighted by Gasteiger charge is 2.18. The molecule has 4 heteroatoms. The van der Waals surface area contributed by atoms with E-state index in [-0.39, 0.29) is 12.5 Å². The van der Waals surface area contributed by atoms with E-state index < -0.39 is 0 Å². The number of hydrogen-bond donors (Lipinski definition) is 1. The van der Waals surface area contributed by atoms with E-state index in [0.29, 0.717) is 17.2 Å². The maximum absolute atomic E-state index is 10.9. The van der Waals surface area contributed by atoms with Crippen molar-refractivity contribution in [1.29, 1.82) is 0 Å². The third kappa shape index (κ3) is 1.30. The fraction of sp³-hybridized carbons (Fsp3) is 0.222. The molecular weight excluding hydrogens is 170 g/mol. The lowest BCUT2D eigenvalue weighted by atomic mass is 10.2. The fourth-order valence-corrected chi connectivity index (χ4v) is 1.25. The number of carbonyl (C=O) groups is 1. The van der Waals surface area contributed by atoms with Crippen molar-refractivity contribution >= 4 is 11.6 Å². The predicted molar refractivity (Wildman–Crippen MR) is 47.1 cm³/mol. The molecular formula is C9H9NO3. The zero-order valence-electron chi connectivity index (χ0n) is 7.16. The summed E-state index contributed by atoms with van der Waals surface area (Å²) in [5, 5.41) is 2.69. The monoisotopic (exact) mass is 179 g/mol. The van der Waals surface area contributed by atoms with Gasteiger partial charge < -0.3 is 14.8 Å². The van der Waals surface area contributed by atoms with Crippen molar-refractivity contribution in [3.8, 4) is 11.5 Å². The molecule has 1 N–H and O–H groups in total. The Kier molecular flexibility index (Phi) is 1.81. The van der Waals surface area contributed by atoms with Crippen LogP contribution in [-0.4, -0.2) is 19.6 Å². The quantitative estimate of drug-likeness (QED) is 0.700.